The van der Waals surface area contributed by atoms with Crippen LogP contribution in [0.2, 0.25) is 0 Å². The number of hydrogen-bond donors (Lipinski definition) is 0. The molecule has 3 aromatic rings. The number of carbonyl (C=O) groups is 3. The minimum atomic E-state index is -0.584. The van der Waals surface area contributed by atoms with Crippen molar-refractivity contribution in [3.63, 3.8) is 0 Å². The molecule has 2 amide bonds. The maximum Gasteiger partial charge on any atom is 0.343 e. The number of esters is 1. The van der Waals surface area contributed by atoms with Crippen molar-refractivity contribution in [2.75, 3.05) is 0 Å². The summed E-state index contributed by atoms with van der Waals surface area (Å²) < 4.78 is 10.7. The number of furan rings is 1. The van der Waals surface area contributed by atoms with Crippen molar-refractivity contribution in [2.45, 2.75) is 20.4 Å². The second kappa shape index (κ2) is 6.81. The monoisotopic (exact) mass is 375 g/mol. The molecule has 1 aliphatic rings. The summed E-state index contributed by atoms with van der Waals surface area (Å²) in [6, 6.07) is 13.3. The number of aryl methyl sites for hydroxylation is 2. The Labute approximate surface area is 161 Å². The van der Waals surface area contributed by atoms with Gasteiger partial charge in [-0.15, -0.1) is 0 Å². The van der Waals surface area contributed by atoms with E-state index in [-0.39, 0.29) is 23.2 Å². The summed E-state index contributed by atoms with van der Waals surface area (Å²) in [6.07, 6.45) is 1.48. The van der Waals surface area contributed by atoms with Crippen LogP contribution >= 0.6 is 0 Å². The van der Waals surface area contributed by atoms with Gasteiger partial charge < -0.3 is 9.15 Å². The first-order chi connectivity index (χ1) is 13.4. The van der Waals surface area contributed by atoms with Gasteiger partial charge in [-0.1, -0.05) is 17.7 Å². The van der Waals surface area contributed by atoms with Gasteiger partial charge in [0.1, 0.15) is 11.5 Å². The van der Waals surface area contributed by atoms with E-state index < -0.39 is 17.8 Å². The highest BCUT2D eigenvalue weighted by atomic mass is 16.5. The van der Waals surface area contributed by atoms with E-state index in [0.29, 0.717) is 11.5 Å². The molecule has 2 heterocycles. The molecule has 0 spiro atoms. The second-order valence-electron chi connectivity index (χ2n) is 6.69. The largest absolute Gasteiger partial charge is 0.467 e. The second-order valence-corrected chi connectivity index (χ2v) is 6.69. The molecule has 4 rings (SSSR count). The molecule has 6 heteroatoms. The molecule has 2 aromatic carbocycles. The maximum absolute atomic E-state index is 12.7. The number of nitrogens with zero attached hydrogens (tertiary/aromatic N) is 1. The van der Waals surface area contributed by atoms with Crippen LogP contribution < -0.4 is 4.74 Å². The van der Waals surface area contributed by atoms with Crippen LogP contribution in [0, 0.1) is 13.8 Å². The van der Waals surface area contributed by atoms with Gasteiger partial charge in [0.25, 0.3) is 11.8 Å². The highest BCUT2D eigenvalue weighted by Crippen LogP contribution is 2.27. The van der Waals surface area contributed by atoms with Crippen LogP contribution in [0.5, 0.6) is 5.75 Å². The first kappa shape index (κ1) is 17.7. The Kier molecular flexibility index (Phi) is 4.31. The number of imide groups is 1. The van der Waals surface area contributed by atoms with Crippen LogP contribution in [0.15, 0.2) is 59.2 Å². The quantitative estimate of drug-likeness (QED) is 0.392. The van der Waals surface area contributed by atoms with Crippen LogP contribution in [-0.2, 0) is 6.54 Å². The fourth-order valence-electron chi connectivity index (χ4n) is 3.19. The number of benzene rings is 2. The standard InChI is InChI=1S/C22H17NO5/c1-13-5-8-19(14(2)10-13)28-22(26)15-6-7-17-18(11-15)21(25)23(20(17)24)12-16-4-3-9-27-16/h3-11H,12H2,1-2H3. The van der Waals surface area contributed by atoms with Gasteiger partial charge in [-0.25, -0.2) is 4.79 Å². The van der Waals surface area contributed by atoms with E-state index in [1.807, 2.05) is 26.0 Å². The van der Waals surface area contributed by atoms with Crippen LogP contribution in [0.1, 0.15) is 48.0 Å². The Bertz CT molecular complexity index is 1100. The van der Waals surface area contributed by atoms with Crippen LogP contribution in [-0.4, -0.2) is 22.7 Å². The summed E-state index contributed by atoms with van der Waals surface area (Å²) in [4.78, 5) is 38.8. The zero-order valence-corrected chi connectivity index (χ0v) is 15.4. The van der Waals surface area contributed by atoms with E-state index in [4.69, 9.17) is 9.15 Å². The zero-order chi connectivity index (χ0) is 19.8. The molecule has 0 radical (unpaired) electrons. The van der Waals surface area contributed by atoms with Crippen LogP contribution in [0.3, 0.4) is 0 Å². The first-order valence-electron chi connectivity index (χ1n) is 8.76. The smallest absolute Gasteiger partial charge is 0.343 e. The molecule has 1 aliphatic heterocycles. The third-order valence-corrected chi connectivity index (χ3v) is 4.63. The van der Waals surface area contributed by atoms with Gasteiger partial charge in [-0.3, -0.25) is 14.5 Å². The zero-order valence-electron chi connectivity index (χ0n) is 15.4. The van der Waals surface area contributed by atoms with E-state index in [1.54, 1.807) is 18.2 Å². The fraction of sp³-hybridized carbons (Fsp3) is 0.136. The Morgan fingerprint density at radius 1 is 1.00 bits per heavy atom. The Balaban J connectivity index is 1.58. The predicted octanol–water partition coefficient (Wildman–Crippen LogP) is 3.91. The summed E-state index contributed by atoms with van der Waals surface area (Å²) in [5.74, 6) is -0.496. The van der Waals surface area contributed by atoms with E-state index in [2.05, 4.69) is 0 Å². The summed E-state index contributed by atoms with van der Waals surface area (Å²) in [7, 11) is 0. The Morgan fingerprint density at radius 3 is 2.50 bits per heavy atom. The summed E-state index contributed by atoms with van der Waals surface area (Å²) >= 11 is 0. The number of carbonyl (C=O) groups excluding carboxylic acids is 3. The van der Waals surface area contributed by atoms with Crippen molar-refractivity contribution in [3.05, 3.63) is 88.4 Å². The molecule has 0 atom stereocenters. The number of amides is 2. The van der Waals surface area contributed by atoms with Gasteiger partial charge in [0.15, 0.2) is 0 Å². The van der Waals surface area contributed by atoms with Crippen molar-refractivity contribution in [1.29, 1.82) is 0 Å². The average molecular weight is 375 g/mol. The topological polar surface area (TPSA) is 76.8 Å². The lowest BCUT2D eigenvalue weighted by atomic mass is 10.1. The Morgan fingerprint density at radius 2 is 1.79 bits per heavy atom. The van der Waals surface area contributed by atoms with Gasteiger partial charge >= 0.3 is 5.97 Å². The van der Waals surface area contributed by atoms with Crippen molar-refractivity contribution in [1.82, 2.24) is 4.90 Å². The van der Waals surface area contributed by atoms with E-state index >= 15 is 0 Å². The third kappa shape index (κ3) is 3.09. The Hall–Kier alpha value is -3.67. The fourth-order valence-corrected chi connectivity index (χ4v) is 3.19. The van der Waals surface area contributed by atoms with Gasteiger partial charge in [0.05, 0.1) is 29.5 Å². The first-order valence-corrected chi connectivity index (χ1v) is 8.76. The van der Waals surface area contributed by atoms with Crippen molar-refractivity contribution in [2.24, 2.45) is 0 Å². The number of rotatable bonds is 4. The molecule has 0 N–H and O–H groups in total. The van der Waals surface area contributed by atoms with Crippen molar-refractivity contribution in [3.8, 4) is 5.75 Å². The maximum atomic E-state index is 12.7. The van der Waals surface area contributed by atoms with Crippen LogP contribution in [0.4, 0.5) is 0 Å². The van der Waals surface area contributed by atoms with Gasteiger partial charge in [0, 0.05) is 0 Å². The molecule has 0 saturated carbocycles. The molecule has 1 aromatic heterocycles. The molecule has 0 fully saturated rings. The number of ether oxygens (including phenoxy) is 1. The molecule has 6 nitrogen and oxygen atoms in total. The van der Waals surface area contributed by atoms with Gasteiger partial charge in [-0.2, -0.15) is 0 Å². The molecule has 0 unspecified atom stereocenters. The lowest BCUT2D eigenvalue weighted by molar-refractivity contribution is 0.0631. The minimum Gasteiger partial charge on any atom is -0.467 e. The molecular weight excluding hydrogens is 358 g/mol. The van der Waals surface area contributed by atoms with Gasteiger partial charge in [0.2, 0.25) is 0 Å². The van der Waals surface area contributed by atoms with E-state index in [1.165, 1.54) is 24.5 Å². The van der Waals surface area contributed by atoms with Gasteiger partial charge in [-0.05, 0) is 55.8 Å². The average Bonchev–Trinajstić information content (AvgIpc) is 3.27. The normalized spacial score (nSPS) is 13.0. The third-order valence-electron chi connectivity index (χ3n) is 4.63. The predicted molar refractivity (Wildman–Crippen MR) is 100 cm³/mol. The lowest BCUT2D eigenvalue weighted by Crippen LogP contribution is -2.28. The SMILES string of the molecule is Cc1ccc(OC(=O)c2ccc3c(c2)C(=O)N(Cc2ccco2)C3=O)c(C)c1. The molecule has 28 heavy (non-hydrogen) atoms. The lowest BCUT2D eigenvalue weighted by Gasteiger charge is -2.11. The van der Waals surface area contributed by atoms with Crippen molar-refractivity contribution < 1.29 is 23.5 Å². The molecular formula is C22H17NO5. The number of fused-ring (bicyclic) bond motifs is 1. The highest BCUT2D eigenvalue weighted by Gasteiger charge is 2.36. The highest BCUT2D eigenvalue weighted by molar-refractivity contribution is 6.21. The molecule has 0 bridgehead atoms. The molecule has 0 saturated heterocycles. The van der Waals surface area contributed by atoms with E-state index in [0.717, 1.165) is 16.0 Å². The molecule has 0 aliphatic carbocycles. The summed E-state index contributed by atoms with van der Waals surface area (Å²) in [5.41, 5.74) is 2.56. The van der Waals surface area contributed by atoms with E-state index in [9.17, 15) is 14.4 Å². The summed E-state index contributed by atoms with van der Waals surface area (Å²) in [5, 5.41) is 0. The van der Waals surface area contributed by atoms with Crippen LogP contribution in [0.25, 0.3) is 0 Å². The minimum absolute atomic E-state index is 0.0433. The summed E-state index contributed by atoms with van der Waals surface area (Å²) in [6.45, 7) is 3.85. The number of hydrogen-bond acceptors (Lipinski definition) is 5. The molecule has 140 valence electrons. The van der Waals surface area contributed by atoms with Crippen molar-refractivity contribution >= 4 is 17.8 Å².